The predicted octanol–water partition coefficient (Wildman–Crippen LogP) is 4.50. The van der Waals surface area contributed by atoms with Crippen LogP contribution in [-0.4, -0.2) is 31.8 Å². The Balaban J connectivity index is 1.69. The van der Waals surface area contributed by atoms with Gasteiger partial charge in [0.25, 0.3) is 5.91 Å². The molecule has 0 saturated heterocycles. The summed E-state index contributed by atoms with van der Waals surface area (Å²) < 4.78 is 7.12. The van der Waals surface area contributed by atoms with Gasteiger partial charge in [-0.05, 0) is 11.0 Å². The second kappa shape index (κ2) is 7.63. The van der Waals surface area contributed by atoms with Crippen LogP contribution in [0.3, 0.4) is 0 Å². The summed E-state index contributed by atoms with van der Waals surface area (Å²) in [7, 11) is 0. The van der Waals surface area contributed by atoms with Gasteiger partial charge < -0.3 is 9.64 Å². The zero-order chi connectivity index (χ0) is 21.6. The van der Waals surface area contributed by atoms with Crippen LogP contribution in [0, 0.1) is 5.41 Å². The number of hydrogen-bond acceptors (Lipinski definition) is 5. The fourth-order valence-electron chi connectivity index (χ4n) is 3.90. The largest absolute Gasteiger partial charge is 0.459 e. The number of amides is 1. The number of pyridine rings is 1. The van der Waals surface area contributed by atoms with Crippen LogP contribution >= 0.6 is 24.4 Å². The minimum absolute atomic E-state index is 0.146. The highest BCUT2D eigenvalue weighted by Crippen LogP contribution is 2.38. The lowest BCUT2D eigenvalue weighted by molar-refractivity contribution is -0.154. The molecule has 0 spiro atoms. The lowest BCUT2D eigenvalue weighted by Crippen LogP contribution is -2.53. The summed E-state index contributed by atoms with van der Waals surface area (Å²) in [4.78, 5) is 32.4. The van der Waals surface area contributed by atoms with Crippen molar-refractivity contribution in [1.29, 1.82) is 0 Å². The maximum absolute atomic E-state index is 13.4. The third kappa shape index (κ3) is 3.56. The number of halogens is 1. The van der Waals surface area contributed by atoms with E-state index in [0.717, 1.165) is 11.1 Å². The lowest BCUT2D eigenvalue weighted by atomic mass is 9.84. The number of ether oxygens (including phenoxy) is 1. The first kappa shape index (κ1) is 20.8. The van der Waals surface area contributed by atoms with Gasteiger partial charge in [-0.3, -0.25) is 8.77 Å². The quantitative estimate of drug-likeness (QED) is 0.476. The molecule has 0 fully saturated rings. The Morgan fingerprint density at radius 2 is 2.00 bits per heavy atom. The second-order valence-electron chi connectivity index (χ2n) is 8.47. The molecule has 1 unspecified atom stereocenters. The molecule has 1 atom stereocenters. The summed E-state index contributed by atoms with van der Waals surface area (Å²) >= 11 is 10.8. The maximum Gasteiger partial charge on any atom is 0.329 e. The molecule has 8 heteroatoms. The van der Waals surface area contributed by atoms with Crippen molar-refractivity contribution in [2.24, 2.45) is 5.41 Å². The van der Waals surface area contributed by atoms with E-state index in [-0.39, 0.29) is 19.1 Å². The number of thiol groups is 1. The smallest absolute Gasteiger partial charge is 0.329 e. The normalized spacial score (nSPS) is 14.8. The molecule has 0 N–H and O–H groups in total. The number of rotatable bonds is 4. The standard InChI is InChI=1S/C22H22ClN3O3S/c1-22(2,3)18(21(28)29-12-13-7-5-4-6-8-13)25-10-14-16(23)9-24-19-17(14)15(20(25)27)11-26(19)30/h4-9,11,18,30H,10,12H2,1-3H3. The molecule has 4 rings (SSSR count). The average Bonchev–Trinajstić information content (AvgIpc) is 3.03. The molecule has 30 heavy (non-hydrogen) atoms. The van der Waals surface area contributed by atoms with Crippen molar-refractivity contribution in [1.82, 2.24) is 13.9 Å². The van der Waals surface area contributed by atoms with E-state index < -0.39 is 17.4 Å². The van der Waals surface area contributed by atoms with E-state index in [0.29, 0.717) is 21.6 Å². The van der Waals surface area contributed by atoms with E-state index in [2.05, 4.69) is 17.8 Å². The highest BCUT2D eigenvalue weighted by Gasteiger charge is 2.43. The van der Waals surface area contributed by atoms with E-state index in [4.69, 9.17) is 16.3 Å². The summed E-state index contributed by atoms with van der Waals surface area (Å²) in [6.07, 6.45) is 3.16. The molecule has 156 valence electrons. The Kier molecular flexibility index (Phi) is 5.28. The van der Waals surface area contributed by atoms with Gasteiger partial charge in [-0.15, -0.1) is 0 Å². The van der Waals surface area contributed by atoms with Crippen molar-refractivity contribution < 1.29 is 14.3 Å². The third-order valence-electron chi connectivity index (χ3n) is 5.25. The molecule has 0 aliphatic carbocycles. The number of benzene rings is 1. The average molecular weight is 444 g/mol. The minimum atomic E-state index is -0.788. The van der Waals surface area contributed by atoms with Crippen LogP contribution in [0.25, 0.3) is 11.0 Å². The fraction of sp³-hybridized carbons (Fsp3) is 0.318. The Bertz CT molecular complexity index is 1140. The van der Waals surface area contributed by atoms with Crippen molar-refractivity contribution in [3.8, 4) is 0 Å². The molecule has 3 aromatic rings. The van der Waals surface area contributed by atoms with Crippen molar-refractivity contribution in [3.05, 3.63) is 64.4 Å². The summed E-state index contributed by atoms with van der Waals surface area (Å²) in [5.41, 5.74) is 2.09. The summed E-state index contributed by atoms with van der Waals surface area (Å²) in [5, 5.41) is 1.13. The van der Waals surface area contributed by atoms with E-state index in [1.54, 1.807) is 17.3 Å². The van der Waals surface area contributed by atoms with Crippen molar-refractivity contribution in [2.75, 3.05) is 0 Å². The number of carbonyl (C=O) groups is 2. The first-order chi connectivity index (χ1) is 14.2. The highest BCUT2D eigenvalue weighted by molar-refractivity contribution is 7.78. The maximum atomic E-state index is 13.4. The summed E-state index contributed by atoms with van der Waals surface area (Å²) in [6, 6.07) is 8.67. The summed E-state index contributed by atoms with van der Waals surface area (Å²) in [6.45, 7) is 6.09. The SMILES string of the molecule is CC(C)(C)C(C(=O)OCc1ccccc1)N1Cc2c(Cl)cnc3c2c(cn3S)C1=O. The Labute approximate surface area is 185 Å². The van der Waals surface area contributed by atoms with Crippen LogP contribution in [-0.2, 0) is 22.7 Å². The first-order valence-electron chi connectivity index (χ1n) is 9.57. The zero-order valence-corrected chi connectivity index (χ0v) is 18.6. The van der Waals surface area contributed by atoms with Crippen LogP contribution in [0.2, 0.25) is 5.02 Å². The van der Waals surface area contributed by atoms with Gasteiger partial charge in [0.05, 0.1) is 10.6 Å². The summed E-state index contributed by atoms with van der Waals surface area (Å²) in [5.74, 6) is -0.712. The molecule has 0 bridgehead atoms. The van der Waals surface area contributed by atoms with Crippen LogP contribution < -0.4 is 0 Å². The van der Waals surface area contributed by atoms with Gasteiger partial charge in [-0.2, -0.15) is 0 Å². The molecular weight excluding hydrogens is 422 g/mol. The Hall–Kier alpha value is -2.51. The molecule has 1 aliphatic rings. The minimum Gasteiger partial charge on any atom is -0.459 e. The fourth-order valence-corrected chi connectivity index (χ4v) is 4.37. The molecule has 2 aromatic heterocycles. The van der Waals surface area contributed by atoms with Gasteiger partial charge >= 0.3 is 5.97 Å². The van der Waals surface area contributed by atoms with Gasteiger partial charge in [0.2, 0.25) is 0 Å². The van der Waals surface area contributed by atoms with Crippen molar-refractivity contribution in [3.63, 3.8) is 0 Å². The molecule has 1 aliphatic heterocycles. The van der Waals surface area contributed by atoms with Gasteiger partial charge in [0.1, 0.15) is 12.6 Å². The highest BCUT2D eigenvalue weighted by atomic mass is 35.5. The topological polar surface area (TPSA) is 64.4 Å². The molecule has 6 nitrogen and oxygen atoms in total. The lowest BCUT2D eigenvalue weighted by Gasteiger charge is -2.40. The van der Waals surface area contributed by atoms with E-state index in [1.807, 2.05) is 51.1 Å². The zero-order valence-electron chi connectivity index (χ0n) is 16.9. The van der Waals surface area contributed by atoms with E-state index in [9.17, 15) is 9.59 Å². The van der Waals surface area contributed by atoms with Crippen LogP contribution in [0.1, 0.15) is 42.3 Å². The van der Waals surface area contributed by atoms with Crippen LogP contribution in [0.5, 0.6) is 0 Å². The monoisotopic (exact) mass is 443 g/mol. The molecule has 3 heterocycles. The van der Waals surface area contributed by atoms with Gasteiger partial charge in [0, 0.05) is 29.9 Å². The van der Waals surface area contributed by atoms with Crippen LogP contribution in [0.15, 0.2) is 42.7 Å². The number of nitrogens with zero attached hydrogens (tertiary/aromatic N) is 3. The first-order valence-corrected chi connectivity index (χ1v) is 10.4. The third-order valence-corrected chi connectivity index (χ3v) is 5.88. The van der Waals surface area contributed by atoms with E-state index in [1.165, 1.54) is 3.97 Å². The van der Waals surface area contributed by atoms with Gasteiger partial charge in [-0.1, -0.05) is 75.5 Å². The number of hydrogen-bond donors (Lipinski definition) is 1. The molecule has 1 aromatic carbocycles. The van der Waals surface area contributed by atoms with Gasteiger partial charge in [0.15, 0.2) is 5.65 Å². The Morgan fingerprint density at radius 1 is 1.30 bits per heavy atom. The van der Waals surface area contributed by atoms with E-state index >= 15 is 0 Å². The number of carbonyl (C=O) groups excluding carboxylic acids is 2. The molecule has 1 amide bonds. The Morgan fingerprint density at radius 3 is 2.67 bits per heavy atom. The number of esters is 1. The predicted molar refractivity (Wildman–Crippen MR) is 118 cm³/mol. The van der Waals surface area contributed by atoms with Crippen LogP contribution in [0.4, 0.5) is 0 Å². The molecular formula is C22H22ClN3O3S. The van der Waals surface area contributed by atoms with Crippen molar-refractivity contribution in [2.45, 2.75) is 40.0 Å². The van der Waals surface area contributed by atoms with Gasteiger partial charge in [-0.25, -0.2) is 9.78 Å². The molecule has 0 saturated carbocycles. The second-order valence-corrected chi connectivity index (χ2v) is 9.30. The molecule has 0 radical (unpaired) electrons. The van der Waals surface area contributed by atoms with Crippen molar-refractivity contribution >= 4 is 47.3 Å². The number of aromatic nitrogens is 2.